The predicted molar refractivity (Wildman–Crippen MR) is 108 cm³/mol. The Kier molecular flexibility index (Phi) is 5.69. The summed E-state index contributed by atoms with van der Waals surface area (Å²) >= 11 is 5.92. The van der Waals surface area contributed by atoms with Crippen molar-refractivity contribution in [3.63, 3.8) is 0 Å². The van der Waals surface area contributed by atoms with E-state index in [-0.39, 0.29) is 11.8 Å². The molecule has 144 valence electrons. The van der Waals surface area contributed by atoms with Gasteiger partial charge in [-0.25, -0.2) is 0 Å². The number of carbonyl (C=O) groups excluding carboxylic acids is 1. The highest BCUT2D eigenvalue weighted by Crippen LogP contribution is 2.22. The lowest BCUT2D eigenvalue weighted by molar-refractivity contribution is -0.121. The second-order valence-electron chi connectivity index (χ2n) is 6.95. The molecule has 0 spiro atoms. The number of hydrogen-bond donors (Lipinski definition) is 1. The SMILES string of the molecule is O=C(Nc1ccccc1)C1CCCN(Cc2nc(-c3ccc(Cl)cc3)no2)C1. The maximum Gasteiger partial charge on any atom is 0.241 e. The van der Waals surface area contributed by atoms with Gasteiger partial charge in [-0.2, -0.15) is 4.98 Å². The maximum atomic E-state index is 12.6. The molecule has 0 radical (unpaired) electrons. The molecule has 28 heavy (non-hydrogen) atoms. The van der Waals surface area contributed by atoms with Crippen molar-refractivity contribution in [3.8, 4) is 11.4 Å². The van der Waals surface area contributed by atoms with Crippen LogP contribution in [0.1, 0.15) is 18.7 Å². The molecule has 1 aliphatic heterocycles. The molecule has 0 aliphatic carbocycles. The van der Waals surface area contributed by atoms with E-state index in [0.29, 0.717) is 29.8 Å². The van der Waals surface area contributed by atoms with Crippen LogP contribution in [0.3, 0.4) is 0 Å². The van der Waals surface area contributed by atoms with Crippen molar-refractivity contribution in [2.24, 2.45) is 5.92 Å². The smallest absolute Gasteiger partial charge is 0.241 e. The number of benzene rings is 2. The van der Waals surface area contributed by atoms with Crippen LogP contribution in [-0.2, 0) is 11.3 Å². The Balaban J connectivity index is 1.36. The Morgan fingerprint density at radius 1 is 1.18 bits per heavy atom. The first-order valence-corrected chi connectivity index (χ1v) is 9.72. The van der Waals surface area contributed by atoms with Gasteiger partial charge in [0.2, 0.25) is 17.6 Å². The molecule has 1 unspecified atom stereocenters. The largest absolute Gasteiger partial charge is 0.338 e. The summed E-state index contributed by atoms with van der Waals surface area (Å²) in [4.78, 5) is 19.3. The van der Waals surface area contributed by atoms with Crippen molar-refractivity contribution in [2.75, 3.05) is 18.4 Å². The molecule has 1 aromatic heterocycles. The van der Waals surface area contributed by atoms with Crippen LogP contribution in [-0.4, -0.2) is 34.0 Å². The Labute approximate surface area is 168 Å². The molecule has 1 fully saturated rings. The summed E-state index contributed by atoms with van der Waals surface area (Å²) in [6, 6.07) is 16.9. The molecule has 0 saturated carbocycles. The van der Waals surface area contributed by atoms with Crippen LogP contribution in [0.5, 0.6) is 0 Å². The van der Waals surface area contributed by atoms with Gasteiger partial charge in [-0.15, -0.1) is 0 Å². The van der Waals surface area contributed by atoms with Crippen LogP contribution < -0.4 is 5.32 Å². The Morgan fingerprint density at radius 2 is 1.96 bits per heavy atom. The monoisotopic (exact) mass is 396 g/mol. The van der Waals surface area contributed by atoms with Gasteiger partial charge in [0, 0.05) is 22.8 Å². The zero-order valence-electron chi connectivity index (χ0n) is 15.3. The third-order valence-corrected chi connectivity index (χ3v) is 5.10. The Hall–Kier alpha value is -2.70. The topological polar surface area (TPSA) is 71.3 Å². The fourth-order valence-corrected chi connectivity index (χ4v) is 3.53. The zero-order valence-corrected chi connectivity index (χ0v) is 16.1. The van der Waals surface area contributed by atoms with Gasteiger partial charge < -0.3 is 9.84 Å². The van der Waals surface area contributed by atoms with Crippen LogP contribution in [0.15, 0.2) is 59.1 Å². The first kappa shape index (κ1) is 18.7. The number of para-hydroxylation sites is 1. The molecular weight excluding hydrogens is 376 g/mol. The normalized spacial score (nSPS) is 17.4. The summed E-state index contributed by atoms with van der Waals surface area (Å²) in [5, 5.41) is 7.72. The Bertz CT molecular complexity index is 927. The highest BCUT2D eigenvalue weighted by atomic mass is 35.5. The minimum atomic E-state index is -0.0485. The number of likely N-dealkylation sites (tertiary alicyclic amines) is 1. The second kappa shape index (κ2) is 8.54. The molecule has 2 heterocycles. The number of nitrogens with one attached hydrogen (secondary N) is 1. The number of nitrogens with zero attached hydrogens (tertiary/aromatic N) is 3. The van der Waals surface area contributed by atoms with E-state index < -0.39 is 0 Å². The number of hydrogen-bond acceptors (Lipinski definition) is 5. The van der Waals surface area contributed by atoms with Crippen molar-refractivity contribution < 1.29 is 9.32 Å². The minimum absolute atomic E-state index is 0.0485. The number of halogens is 1. The van der Waals surface area contributed by atoms with Gasteiger partial charge in [0.25, 0.3) is 0 Å². The molecule has 4 rings (SSSR count). The van der Waals surface area contributed by atoms with E-state index in [9.17, 15) is 4.79 Å². The molecule has 3 aromatic rings. The van der Waals surface area contributed by atoms with Gasteiger partial charge in [0.05, 0.1) is 12.5 Å². The van der Waals surface area contributed by atoms with E-state index in [1.807, 2.05) is 42.5 Å². The third-order valence-electron chi connectivity index (χ3n) is 4.85. The lowest BCUT2D eigenvalue weighted by Crippen LogP contribution is -2.40. The number of rotatable bonds is 5. The number of anilines is 1. The van der Waals surface area contributed by atoms with Gasteiger partial charge in [0.1, 0.15) is 0 Å². The lowest BCUT2D eigenvalue weighted by Gasteiger charge is -2.30. The predicted octanol–water partition coefficient (Wildman–Crippen LogP) is 4.24. The quantitative estimate of drug-likeness (QED) is 0.698. The van der Waals surface area contributed by atoms with Crippen molar-refractivity contribution >= 4 is 23.2 Å². The van der Waals surface area contributed by atoms with Crippen molar-refractivity contribution in [2.45, 2.75) is 19.4 Å². The Morgan fingerprint density at radius 3 is 2.75 bits per heavy atom. The molecule has 1 aliphatic rings. The zero-order chi connectivity index (χ0) is 19.3. The van der Waals surface area contributed by atoms with E-state index in [4.69, 9.17) is 16.1 Å². The summed E-state index contributed by atoms with van der Waals surface area (Å²) in [6.45, 7) is 2.13. The summed E-state index contributed by atoms with van der Waals surface area (Å²) in [5.74, 6) is 1.10. The molecule has 2 aromatic carbocycles. The lowest BCUT2D eigenvalue weighted by atomic mass is 9.97. The fourth-order valence-electron chi connectivity index (χ4n) is 3.41. The summed E-state index contributed by atoms with van der Waals surface area (Å²) in [6.07, 6.45) is 1.85. The minimum Gasteiger partial charge on any atom is -0.338 e. The number of aromatic nitrogens is 2. The van der Waals surface area contributed by atoms with Crippen LogP contribution in [0.25, 0.3) is 11.4 Å². The van der Waals surface area contributed by atoms with E-state index in [1.54, 1.807) is 12.1 Å². The van der Waals surface area contributed by atoms with E-state index in [0.717, 1.165) is 30.6 Å². The van der Waals surface area contributed by atoms with Gasteiger partial charge >= 0.3 is 0 Å². The van der Waals surface area contributed by atoms with Crippen LogP contribution >= 0.6 is 11.6 Å². The van der Waals surface area contributed by atoms with E-state index in [2.05, 4.69) is 20.4 Å². The third kappa shape index (κ3) is 4.58. The number of amides is 1. The van der Waals surface area contributed by atoms with E-state index in [1.165, 1.54) is 0 Å². The highest BCUT2D eigenvalue weighted by molar-refractivity contribution is 6.30. The van der Waals surface area contributed by atoms with Crippen LogP contribution in [0, 0.1) is 5.92 Å². The maximum absolute atomic E-state index is 12.6. The van der Waals surface area contributed by atoms with Gasteiger partial charge in [0.15, 0.2) is 0 Å². The van der Waals surface area contributed by atoms with Gasteiger partial charge in [-0.1, -0.05) is 35.0 Å². The highest BCUT2D eigenvalue weighted by Gasteiger charge is 2.27. The van der Waals surface area contributed by atoms with Crippen molar-refractivity contribution in [1.82, 2.24) is 15.0 Å². The van der Waals surface area contributed by atoms with E-state index >= 15 is 0 Å². The number of carbonyl (C=O) groups is 1. The van der Waals surface area contributed by atoms with Crippen molar-refractivity contribution in [3.05, 3.63) is 65.5 Å². The molecule has 1 amide bonds. The van der Waals surface area contributed by atoms with Gasteiger partial charge in [-0.3, -0.25) is 9.69 Å². The van der Waals surface area contributed by atoms with Crippen LogP contribution in [0.2, 0.25) is 5.02 Å². The van der Waals surface area contributed by atoms with Crippen molar-refractivity contribution in [1.29, 1.82) is 0 Å². The van der Waals surface area contributed by atoms with Gasteiger partial charge in [-0.05, 0) is 55.8 Å². The summed E-state index contributed by atoms with van der Waals surface area (Å²) < 4.78 is 5.41. The number of piperidine rings is 1. The molecular formula is C21H21ClN4O2. The molecule has 0 bridgehead atoms. The second-order valence-corrected chi connectivity index (χ2v) is 7.38. The first-order chi connectivity index (χ1) is 13.7. The molecule has 1 N–H and O–H groups in total. The summed E-state index contributed by atoms with van der Waals surface area (Å²) in [5.41, 5.74) is 1.69. The first-order valence-electron chi connectivity index (χ1n) is 9.34. The standard InChI is InChI=1S/C21H21ClN4O2/c22-17-10-8-15(9-11-17)20-24-19(28-25-20)14-26-12-4-5-16(13-26)21(27)23-18-6-2-1-3-7-18/h1-3,6-11,16H,4-5,12-14H2,(H,23,27). The molecule has 7 heteroatoms. The van der Waals surface area contributed by atoms with Crippen LogP contribution in [0.4, 0.5) is 5.69 Å². The molecule has 1 atom stereocenters. The average Bonchev–Trinajstić information content (AvgIpc) is 3.18. The average molecular weight is 397 g/mol. The summed E-state index contributed by atoms with van der Waals surface area (Å²) in [7, 11) is 0. The fraction of sp³-hybridized carbons (Fsp3) is 0.286. The molecule has 1 saturated heterocycles. The molecule has 6 nitrogen and oxygen atoms in total.